The Balaban J connectivity index is 1.98. The van der Waals surface area contributed by atoms with E-state index >= 15 is 0 Å². The lowest BCUT2D eigenvalue weighted by molar-refractivity contribution is 0.663. The van der Waals surface area contributed by atoms with E-state index in [1.165, 1.54) is 5.56 Å². The van der Waals surface area contributed by atoms with Gasteiger partial charge in [-0.15, -0.1) is 0 Å². The Morgan fingerprint density at radius 2 is 2.20 bits per heavy atom. The maximum Gasteiger partial charge on any atom is 0.128 e. The Hall–Kier alpha value is -1.88. The summed E-state index contributed by atoms with van der Waals surface area (Å²) in [6, 6.07) is 6.16. The molecule has 108 valence electrons. The molecule has 2 rings (SSSR count). The molecule has 0 atom stereocenters. The third-order valence-electron chi connectivity index (χ3n) is 3.09. The zero-order chi connectivity index (χ0) is 14.4. The van der Waals surface area contributed by atoms with Crippen molar-refractivity contribution < 1.29 is 0 Å². The number of pyridine rings is 1. The highest BCUT2D eigenvalue weighted by atomic mass is 15.2. The molecule has 0 fully saturated rings. The van der Waals surface area contributed by atoms with Gasteiger partial charge in [0.2, 0.25) is 0 Å². The zero-order valence-corrected chi connectivity index (χ0v) is 12.5. The van der Waals surface area contributed by atoms with Crippen LogP contribution in [0.5, 0.6) is 0 Å². The molecule has 20 heavy (non-hydrogen) atoms. The molecule has 0 aromatic carbocycles. The van der Waals surface area contributed by atoms with Gasteiger partial charge in [-0.2, -0.15) is 5.10 Å². The van der Waals surface area contributed by atoms with Crippen LogP contribution in [0.15, 0.2) is 30.6 Å². The predicted molar refractivity (Wildman–Crippen MR) is 81.5 cm³/mol. The van der Waals surface area contributed by atoms with Gasteiger partial charge in [-0.05, 0) is 25.1 Å². The summed E-state index contributed by atoms with van der Waals surface area (Å²) in [4.78, 5) is 6.82. The van der Waals surface area contributed by atoms with Gasteiger partial charge in [0.15, 0.2) is 0 Å². The Bertz CT molecular complexity index is 535. The van der Waals surface area contributed by atoms with Crippen LogP contribution in [-0.4, -0.2) is 28.4 Å². The lowest BCUT2D eigenvalue weighted by Crippen LogP contribution is -2.19. The largest absolute Gasteiger partial charge is 0.355 e. The third kappa shape index (κ3) is 4.06. The molecule has 2 aromatic rings. The van der Waals surface area contributed by atoms with Crippen molar-refractivity contribution in [3.63, 3.8) is 0 Å². The Labute approximate surface area is 120 Å². The van der Waals surface area contributed by atoms with Crippen LogP contribution in [0.4, 0.5) is 5.82 Å². The SMILES string of the molecule is CCCNCc1cccc(N(C)Cc2cnn(C)c2)n1. The van der Waals surface area contributed by atoms with Crippen LogP contribution in [0, 0.1) is 0 Å². The van der Waals surface area contributed by atoms with Gasteiger partial charge in [-0.25, -0.2) is 4.98 Å². The molecule has 0 aliphatic heterocycles. The van der Waals surface area contributed by atoms with Gasteiger partial charge in [-0.1, -0.05) is 13.0 Å². The molecule has 0 unspecified atom stereocenters. The molecular formula is C15H23N5. The second kappa shape index (κ2) is 7.05. The summed E-state index contributed by atoms with van der Waals surface area (Å²) in [5, 5.41) is 7.57. The van der Waals surface area contributed by atoms with E-state index < -0.39 is 0 Å². The fraction of sp³-hybridized carbons (Fsp3) is 0.467. The Morgan fingerprint density at radius 1 is 1.35 bits per heavy atom. The van der Waals surface area contributed by atoms with Crippen LogP contribution in [0.25, 0.3) is 0 Å². The molecule has 0 saturated carbocycles. The number of rotatable bonds is 7. The maximum atomic E-state index is 4.68. The average molecular weight is 273 g/mol. The van der Waals surface area contributed by atoms with Gasteiger partial charge in [0.25, 0.3) is 0 Å². The topological polar surface area (TPSA) is 46.0 Å². The minimum absolute atomic E-state index is 0.812. The number of aryl methyl sites for hydroxylation is 1. The highest BCUT2D eigenvalue weighted by Gasteiger charge is 2.06. The molecular weight excluding hydrogens is 250 g/mol. The molecule has 0 bridgehead atoms. The summed E-state index contributed by atoms with van der Waals surface area (Å²) in [6.45, 7) is 4.82. The summed E-state index contributed by atoms with van der Waals surface area (Å²) in [7, 11) is 3.99. The number of nitrogens with zero attached hydrogens (tertiary/aromatic N) is 4. The molecule has 2 heterocycles. The van der Waals surface area contributed by atoms with Crippen LogP contribution in [0.3, 0.4) is 0 Å². The van der Waals surface area contributed by atoms with Gasteiger partial charge in [0.05, 0.1) is 11.9 Å². The molecule has 0 radical (unpaired) electrons. The number of hydrogen-bond donors (Lipinski definition) is 1. The fourth-order valence-corrected chi connectivity index (χ4v) is 2.08. The highest BCUT2D eigenvalue weighted by molar-refractivity contribution is 5.39. The quantitative estimate of drug-likeness (QED) is 0.783. The number of nitrogens with one attached hydrogen (secondary N) is 1. The van der Waals surface area contributed by atoms with E-state index in [0.717, 1.165) is 37.6 Å². The zero-order valence-electron chi connectivity index (χ0n) is 12.5. The molecule has 5 heteroatoms. The van der Waals surface area contributed by atoms with Crippen LogP contribution < -0.4 is 10.2 Å². The normalized spacial score (nSPS) is 10.8. The van der Waals surface area contributed by atoms with Crippen molar-refractivity contribution in [3.05, 3.63) is 41.9 Å². The van der Waals surface area contributed by atoms with Crippen molar-refractivity contribution >= 4 is 5.82 Å². The summed E-state index contributed by atoms with van der Waals surface area (Å²) < 4.78 is 1.82. The van der Waals surface area contributed by atoms with Crippen molar-refractivity contribution in [2.24, 2.45) is 7.05 Å². The Kier molecular flexibility index (Phi) is 5.12. The first-order chi connectivity index (χ1) is 9.69. The van der Waals surface area contributed by atoms with Crippen LogP contribution in [-0.2, 0) is 20.1 Å². The van der Waals surface area contributed by atoms with E-state index in [1.54, 1.807) is 0 Å². The summed E-state index contributed by atoms with van der Waals surface area (Å²) >= 11 is 0. The lowest BCUT2D eigenvalue weighted by Gasteiger charge is -2.18. The van der Waals surface area contributed by atoms with Crippen molar-refractivity contribution in [3.8, 4) is 0 Å². The first kappa shape index (κ1) is 14.5. The van der Waals surface area contributed by atoms with Crippen molar-refractivity contribution in [1.29, 1.82) is 0 Å². The standard InChI is InChI=1S/C15H23N5/c1-4-8-16-10-14-6-5-7-15(18-14)19(2)11-13-9-17-20(3)12-13/h5-7,9,12,16H,4,8,10-11H2,1-3H3. The average Bonchev–Trinajstić information content (AvgIpc) is 2.85. The lowest BCUT2D eigenvalue weighted by atomic mass is 10.3. The predicted octanol–water partition coefficient (Wildman–Crippen LogP) is 1.95. The second-order valence-corrected chi connectivity index (χ2v) is 5.04. The van der Waals surface area contributed by atoms with Crippen molar-refractivity contribution in [1.82, 2.24) is 20.1 Å². The van der Waals surface area contributed by atoms with Crippen LogP contribution in [0.2, 0.25) is 0 Å². The number of aromatic nitrogens is 3. The molecule has 2 aromatic heterocycles. The van der Waals surface area contributed by atoms with Crippen LogP contribution in [0.1, 0.15) is 24.6 Å². The minimum atomic E-state index is 0.812. The molecule has 0 amide bonds. The second-order valence-electron chi connectivity index (χ2n) is 5.04. The van der Waals surface area contributed by atoms with E-state index in [1.807, 2.05) is 30.2 Å². The molecule has 0 saturated heterocycles. The monoisotopic (exact) mass is 273 g/mol. The highest BCUT2D eigenvalue weighted by Crippen LogP contribution is 2.13. The van der Waals surface area contributed by atoms with Crippen LogP contribution >= 0.6 is 0 Å². The third-order valence-corrected chi connectivity index (χ3v) is 3.09. The maximum absolute atomic E-state index is 4.68. The molecule has 0 spiro atoms. The molecule has 5 nitrogen and oxygen atoms in total. The summed E-state index contributed by atoms with van der Waals surface area (Å²) in [5.74, 6) is 0.990. The van der Waals surface area contributed by atoms with E-state index in [9.17, 15) is 0 Å². The van der Waals surface area contributed by atoms with Gasteiger partial charge >= 0.3 is 0 Å². The van der Waals surface area contributed by atoms with Gasteiger partial charge in [0, 0.05) is 38.9 Å². The fourth-order valence-electron chi connectivity index (χ4n) is 2.08. The van der Waals surface area contributed by atoms with E-state index in [-0.39, 0.29) is 0 Å². The first-order valence-corrected chi connectivity index (χ1v) is 7.04. The Morgan fingerprint density at radius 3 is 2.90 bits per heavy atom. The smallest absolute Gasteiger partial charge is 0.128 e. The number of hydrogen-bond acceptors (Lipinski definition) is 4. The van der Waals surface area contributed by atoms with Crippen molar-refractivity contribution in [2.75, 3.05) is 18.5 Å². The summed E-state index contributed by atoms with van der Waals surface area (Å²) in [5.41, 5.74) is 2.26. The van der Waals surface area contributed by atoms with Gasteiger partial charge in [-0.3, -0.25) is 4.68 Å². The molecule has 0 aliphatic carbocycles. The van der Waals surface area contributed by atoms with Crippen molar-refractivity contribution in [2.45, 2.75) is 26.4 Å². The van der Waals surface area contributed by atoms with Gasteiger partial charge < -0.3 is 10.2 Å². The first-order valence-electron chi connectivity index (χ1n) is 7.04. The summed E-state index contributed by atoms with van der Waals surface area (Å²) in [6.07, 6.45) is 5.06. The number of anilines is 1. The minimum Gasteiger partial charge on any atom is -0.355 e. The van der Waals surface area contributed by atoms with Gasteiger partial charge in [0.1, 0.15) is 5.82 Å². The molecule has 1 N–H and O–H groups in total. The van der Waals surface area contributed by atoms with E-state index in [0.29, 0.717) is 0 Å². The van der Waals surface area contributed by atoms with E-state index in [2.05, 4.69) is 46.4 Å². The van der Waals surface area contributed by atoms with E-state index in [4.69, 9.17) is 0 Å². The molecule has 0 aliphatic rings.